The first kappa shape index (κ1) is 24.7. The number of rotatable bonds is 13. The first-order chi connectivity index (χ1) is 11.3. The smallest absolute Gasteiger partial charge is 0.180 e. The lowest BCUT2D eigenvalue weighted by atomic mass is 9.96. The van der Waals surface area contributed by atoms with Crippen molar-refractivity contribution in [2.75, 3.05) is 19.8 Å². The highest BCUT2D eigenvalue weighted by atomic mass is 16.5. The molecule has 0 spiro atoms. The van der Waals surface area contributed by atoms with Gasteiger partial charge in [0.1, 0.15) is 12.2 Å². The summed E-state index contributed by atoms with van der Waals surface area (Å²) in [5.41, 5.74) is 4.75. The average molecular weight is 367 g/mol. The van der Waals surface area contributed by atoms with Gasteiger partial charge in [0, 0.05) is 5.92 Å². The topological polar surface area (TPSA) is 146 Å². The summed E-state index contributed by atoms with van der Waals surface area (Å²) < 4.78 is 11.6. The lowest BCUT2D eigenvalue weighted by Crippen LogP contribution is -2.48. The number of nitrogens with two attached hydrogens (primary N) is 1. The molecule has 0 fully saturated rings. The van der Waals surface area contributed by atoms with Crippen LogP contribution in [-0.4, -0.2) is 81.1 Å². The van der Waals surface area contributed by atoms with Gasteiger partial charge in [0.2, 0.25) is 0 Å². The van der Waals surface area contributed by atoms with E-state index in [9.17, 15) is 15.3 Å². The van der Waals surface area contributed by atoms with Crippen LogP contribution in [0, 0.1) is 5.92 Å². The van der Waals surface area contributed by atoms with E-state index < -0.39 is 36.1 Å². The van der Waals surface area contributed by atoms with Crippen molar-refractivity contribution in [2.24, 2.45) is 11.7 Å². The first-order valence-electron chi connectivity index (χ1n) is 8.71. The maximum atomic E-state index is 10.00. The Balaban J connectivity index is 4.34. The van der Waals surface area contributed by atoms with Crippen LogP contribution in [0.5, 0.6) is 0 Å². The molecule has 0 bridgehead atoms. The zero-order valence-corrected chi connectivity index (χ0v) is 16.1. The van der Waals surface area contributed by atoms with Crippen molar-refractivity contribution in [2.45, 2.75) is 83.3 Å². The van der Waals surface area contributed by atoms with E-state index in [0.717, 1.165) is 6.42 Å². The number of hydrogen-bond donors (Lipinski definition) is 6. The van der Waals surface area contributed by atoms with Gasteiger partial charge in [-0.05, 0) is 47.1 Å². The van der Waals surface area contributed by atoms with Crippen molar-refractivity contribution >= 4 is 0 Å². The Bertz CT molecular complexity index is 363. The van der Waals surface area contributed by atoms with E-state index in [1.165, 1.54) is 0 Å². The molecule has 0 aliphatic rings. The third-order valence-electron chi connectivity index (χ3n) is 4.27. The molecule has 8 heteroatoms. The zero-order valence-electron chi connectivity index (χ0n) is 16.1. The molecule has 0 saturated heterocycles. The van der Waals surface area contributed by atoms with Crippen LogP contribution in [0.2, 0.25) is 0 Å². The van der Waals surface area contributed by atoms with Gasteiger partial charge in [0.15, 0.2) is 6.29 Å². The van der Waals surface area contributed by atoms with Gasteiger partial charge in [-0.3, -0.25) is 0 Å². The lowest BCUT2D eigenvalue weighted by molar-refractivity contribution is -0.186. The van der Waals surface area contributed by atoms with E-state index in [1.54, 1.807) is 6.92 Å². The Labute approximate surface area is 150 Å². The van der Waals surface area contributed by atoms with Crippen LogP contribution in [0.15, 0.2) is 0 Å². The molecule has 0 rings (SSSR count). The Kier molecular flexibility index (Phi) is 10.6. The fourth-order valence-electron chi connectivity index (χ4n) is 2.24. The van der Waals surface area contributed by atoms with Gasteiger partial charge in [-0.2, -0.15) is 0 Å². The van der Waals surface area contributed by atoms with Gasteiger partial charge >= 0.3 is 0 Å². The van der Waals surface area contributed by atoms with Crippen LogP contribution < -0.4 is 5.73 Å². The minimum Gasteiger partial charge on any atom is -0.390 e. The van der Waals surface area contributed by atoms with E-state index in [-0.39, 0.29) is 12.2 Å². The second kappa shape index (κ2) is 10.7. The molecule has 0 aromatic heterocycles. The van der Waals surface area contributed by atoms with Crippen LogP contribution in [0.4, 0.5) is 0 Å². The molecule has 25 heavy (non-hydrogen) atoms. The molecule has 0 aromatic rings. The van der Waals surface area contributed by atoms with Gasteiger partial charge in [0.05, 0.1) is 30.5 Å². The average Bonchev–Trinajstić information content (AvgIpc) is 2.49. The third-order valence-corrected chi connectivity index (χ3v) is 4.27. The molecule has 8 nitrogen and oxygen atoms in total. The fourth-order valence-corrected chi connectivity index (χ4v) is 2.24. The Morgan fingerprint density at radius 2 is 1.32 bits per heavy atom. The molecular weight excluding hydrogens is 330 g/mol. The number of aliphatic hydroxyl groups is 5. The van der Waals surface area contributed by atoms with E-state index >= 15 is 0 Å². The fraction of sp³-hybridized carbons (Fsp3) is 1.00. The second-order valence-corrected chi connectivity index (χ2v) is 7.83. The molecule has 4 unspecified atom stereocenters. The number of hydrogen-bond acceptors (Lipinski definition) is 8. The number of ether oxygens (including phenoxy) is 2. The summed E-state index contributed by atoms with van der Waals surface area (Å²) in [6.07, 6.45) is -5.61. The normalized spacial score (nSPS) is 18.2. The highest BCUT2D eigenvalue weighted by Gasteiger charge is 2.33. The summed E-state index contributed by atoms with van der Waals surface area (Å²) in [6.45, 7) is 10.6. The monoisotopic (exact) mass is 367 g/mol. The Morgan fingerprint density at radius 1 is 0.800 bits per heavy atom. The zero-order chi connectivity index (χ0) is 19.8. The SMILES string of the molecule is CC(COC(C)(C)CCOC(C)(C)CCN)C(O)C(O)C(O)C(O)O. The molecule has 0 aromatic carbocycles. The van der Waals surface area contributed by atoms with E-state index in [1.807, 2.05) is 27.7 Å². The second-order valence-electron chi connectivity index (χ2n) is 7.83. The standard InChI is InChI=1S/C17H37NO7/c1-11(12(19)13(20)14(21)15(22)23)10-25-17(4,5)7-9-24-16(2,3)6-8-18/h11-15,19-23H,6-10,18H2,1-5H3. The maximum Gasteiger partial charge on any atom is 0.180 e. The van der Waals surface area contributed by atoms with Crippen molar-refractivity contribution in [3.63, 3.8) is 0 Å². The van der Waals surface area contributed by atoms with E-state index in [4.69, 9.17) is 25.4 Å². The molecule has 7 N–H and O–H groups in total. The minimum atomic E-state index is -2.12. The van der Waals surface area contributed by atoms with Gasteiger partial charge in [-0.15, -0.1) is 0 Å². The van der Waals surface area contributed by atoms with Gasteiger partial charge in [-0.25, -0.2) is 0 Å². The summed E-state index contributed by atoms with van der Waals surface area (Å²) in [7, 11) is 0. The van der Waals surface area contributed by atoms with Gasteiger partial charge < -0.3 is 40.7 Å². The van der Waals surface area contributed by atoms with E-state index in [0.29, 0.717) is 19.6 Å². The van der Waals surface area contributed by atoms with Gasteiger partial charge in [0.25, 0.3) is 0 Å². The molecule has 0 saturated carbocycles. The number of aliphatic hydroxyl groups excluding tert-OH is 4. The van der Waals surface area contributed by atoms with Crippen LogP contribution in [-0.2, 0) is 9.47 Å². The molecule has 0 amide bonds. The Morgan fingerprint density at radius 3 is 1.80 bits per heavy atom. The van der Waals surface area contributed by atoms with Crippen molar-refractivity contribution in [1.29, 1.82) is 0 Å². The summed E-state index contributed by atoms with van der Waals surface area (Å²) >= 11 is 0. The van der Waals surface area contributed by atoms with Gasteiger partial charge in [-0.1, -0.05) is 6.92 Å². The van der Waals surface area contributed by atoms with E-state index in [2.05, 4.69) is 0 Å². The molecule has 0 radical (unpaired) electrons. The predicted octanol–water partition coefficient (Wildman–Crippen LogP) is -0.655. The van der Waals surface area contributed by atoms with Crippen molar-refractivity contribution in [1.82, 2.24) is 0 Å². The first-order valence-corrected chi connectivity index (χ1v) is 8.71. The van der Waals surface area contributed by atoms with Crippen molar-refractivity contribution in [3.8, 4) is 0 Å². The summed E-state index contributed by atoms with van der Waals surface area (Å²) in [5, 5.41) is 46.9. The van der Waals surface area contributed by atoms with Crippen LogP contribution in [0.1, 0.15) is 47.5 Å². The van der Waals surface area contributed by atoms with Crippen LogP contribution >= 0.6 is 0 Å². The Hall–Kier alpha value is -0.320. The highest BCUT2D eigenvalue weighted by molar-refractivity contribution is 4.81. The molecule has 4 atom stereocenters. The molecule has 0 aliphatic carbocycles. The molecular formula is C17H37NO7. The summed E-state index contributed by atoms with van der Waals surface area (Å²) in [6, 6.07) is 0. The highest BCUT2D eigenvalue weighted by Crippen LogP contribution is 2.21. The van der Waals surface area contributed by atoms with Crippen molar-refractivity contribution in [3.05, 3.63) is 0 Å². The van der Waals surface area contributed by atoms with Crippen LogP contribution in [0.25, 0.3) is 0 Å². The largest absolute Gasteiger partial charge is 0.390 e. The minimum absolute atomic E-state index is 0.131. The van der Waals surface area contributed by atoms with Crippen molar-refractivity contribution < 1.29 is 35.0 Å². The predicted molar refractivity (Wildman–Crippen MR) is 93.8 cm³/mol. The van der Waals surface area contributed by atoms with Crippen LogP contribution in [0.3, 0.4) is 0 Å². The summed E-state index contributed by atoms with van der Waals surface area (Å²) in [5.74, 6) is -0.516. The maximum absolute atomic E-state index is 10.00. The molecule has 0 heterocycles. The third kappa shape index (κ3) is 9.81. The lowest BCUT2D eigenvalue weighted by Gasteiger charge is -2.32. The quantitative estimate of drug-likeness (QED) is 0.235. The molecule has 152 valence electrons. The molecule has 0 aliphatic heterocycles. The summed E-state index contributed by atoms with van der Waals surface area (Å²) in [4.78, 5) is 0.